The maximum absolute atomic E-state index is 3.79. The summed E-state index contributed by atoms with van der Waals surface area (Å²) in [5.74, 6) is 0. The molecular weight excluding hydrogens is 364 g/mol. The van der Waals surface area contributed by atoms with Crippen molar-refractivity contribution in [3.63, 3.8) is 0 Å². The predicted molar refractivity (Wildman–Crippen MR) is 125 cm³/mol. The molecule has 0 N–H and O–H groups in total. The molecule has 27 heavy (non-hydrogen) atoms. The van der Waals surface area contributed by atoms with Crippen LogP contribution in [0.1, 0.15) is 56.1 Å². The standard InChI is InChI=1S/C25H32S2/c1-4-5-6-7-8-9-10-11-12-25(26-23-17-13-21(2)14-18-23)27-24-19-15-22(3)16-20-24/h4,12-20H,1,5-11H2,2-3H3. The summed E-state index contributed by atoms with van der Waals surface area (Å²) in [5.41, 5.74) is 2.63. The molecule has 0 aromatic heterocycles. The van der Waals surface area contributed by atoms with Gasteiger partial charge < -0.3 is 0 Å². The predicted octanol–water partition coefficient (Wildman–Crippen LogP) is 8.95. The molecule has 0 atom stereocenters. The summed E-state index contributed by atoms with van der Waals surface area (Å²) in [4.78, 5) is 2.63. The van der Waals surface area contributed by atoms with Gasteiger partial charge in [0.1, 0.15) is 0 Å². The first-order valence-electron chi connectivity index (χ1n) is 9.97. The molecule has 2 aromatic rings. The second-order valence-electron chi connectivity index (χ2n) is 6.99. The van der Waals surface area contributed by atoms with E-state index < -0.39 is 0 Å². The zero-order valence-corrected chi connectivity index (χ0v) is 18.4. The van der Waals surface area contributed by atoms with Crippen molar-refractivity contribution in [3.05, 3.63) is 82.6 Å². The molecule has 144 valence electrons. The first-order valence-corrected chi connectivity index (χ1v) is 11.6. The minimum Gasteiger partial charge on any atom is -0.103 e. The molecule has 0 saturated carbocycles. The topological polar surface area (TPSA) is 0 Å². The number of hydrogen-bond donors (Lipinski definition) is 0. The fraction of sp³-hybridized carbons (Fsp3) is 0.360. The Morgan fingerprint density at radius 2 is 1.15 bits per heavy atom. The van der Waals surface area contributed by atoms with Crippen molar-refractivity contribution in [2.45, 2.75) is 68.6 Å². The largest absolute Gasteiger partial charge is 0.103 e. The molecule has 0 spiro atoms. The van der Waals surface area contributed by atoms with Gasteiger partial charge in [-0.2, -0.15) is 0 Å². The van der Waals surface area contributed by atoms with Gasteiger partial charge in [0.15, 0.2) is 0 Å². The summed E-state index contributed by atoms with van der Waals surface area (Å²) < 4.78 is 1.38. The zero-order valence-electron chi connectivity index (χ0n) is 16.7. The van der Waals surface area contributed by atoms with Crippen molar-refractivity contribution in [2.75, 3.05) is 0 Å². The van der Waals surface area contributed by atoms with E-state index in [9.17, 15) is 0 Å². The Labute approximate surface area is 174 Å². The number of aryl methyl sites for hydroxylation is 2. The molecule has 0 heterocycles. The lowest BCUT2D eigenvalue weighted by Crippen LogP contribution is -1.81. The quantitative estimate of drug-likeness (QED) is 0.199. The average Bonchev–Trinajstić information content (AvgIpc) is 2.67. The summed E-state index contributed by atoms with van der Waals surface area (Å²) in [6.07, 6.45) is 13.3. The first-order chi connectivity index (χ1) is 13.2. The molecule has 0 nitrogen and oxygen atoms in total. The van der Waals surface area contributed by atoms with Gasteiger partial charge in [-0.1, -0.05) is 90.3 Å². The van der Waals surface area contributed by atoms with Crippen LogP contribution in [0.4, 0.5) is 0 Å². The van der Waals surface area contributed by atoms with Gasteiger partial charge in [-0.15, -0.1) is 6.58 Å². The molecule has 2 rings (SSSR count). The molecule has 0 saturated heterocycles. The number of hydrogen-bond acceptors (Lipinski definition) is 2. The van der Waals surface area contributed by atoms with Crippen LogP contribution in [0.3, 0.4) is 0 Å². The van der Waals surface area contributed by atoms with Crippen LogP contribution in [0.5, 0.6) is 0 Å². The van der Waals surface area contributed by atoms with Crippen LogP contribution < -0.4 is 0 Å². The zero-order chi connectivity index (χ0) is 19.3. The third-order valence-corrected chi connectivity index (χ3v) is 6.65. The van der Waals surface area contributed by atoms with E-state index in [1.807, 2.05) is 29.6 Å². The highest BCUT2D eigenvalue weighted by atomic mass is 32.2. The van der Waals surface area contributed by atoms with Gasteiger partial charge in [-0.3, -0.25) is 0 Å². The number of rotatable bonds is 12. The van der Waals surface area contributed by atoms with E-state index in [1.165, 1.54) is 57.3 Å². The third kappa shape index (κ3) is 9.39. The Morgan fingerprint density at radius 1 is 0.704 bits per heavy atom. The molecule has 0 fully saturated rings. The lowest BCUT2D eigenvalue weighted by atomic mass is 10.1. The van der Waals surface area contributed by atoms with E-state index in [1.54, 1.807) is 0 Å². The Morgan fingerprint density at radius 3 is 1.63 bits per heavy atom. The molecule has 0 aliphatic heterocycles. The van der Waals surface area contributed by atoms with Gasteiger partial charge in [0, 0.05) is 14.0 Å². The molecule has 0 bridgehead atoms. The van der Waals surface area contributed by atoms with E-state index >= 15 is 0 Å². The van der Waals surface area contributed by atoms with Crippen LogP contribution in [0.2, 0.25) is 0 Å². The van der Waals surface area contributed by atoms with E-state index in [4.69, 9.17) is 0 Å². The van der Waals surface area contributed by atoms with Crippen LogP contribution in [-0.2, 0) is 0 Å². The fourth-order valence-corrected chi connectivity index (χ4v) is 4.89. The Hall–Kier alpha value is -1.38. The summed E-state index contributed by atoms with van der Waals surface area (Å²) >= 11 is 3.77. The first kappa shape index (κ1) is 21.9. The van der Waals surface area contributed by atoms with Crippen molar-refractivity contribution < 1.29 is 0 Å². The average molecular weight is 397 g/mol. The minimum absolute atomic E-state index is 1.16. The van der Waals surface area contributed by atoms with Crippen molar-refractivity contribution in [1.29, 1.82) is 0 Å². The number of allylic oxidation sites excluding steroid dienone is 2. The van der Waals surface area contributed by atoms with E-state index in [2.05, 4.69) is 75.0 Å². The molecule has 0 radical (unpaired) electrons. The molecule has 0 aliphatic carbocycles. The molecule has 2 heteroatoms. The lowest BCUT2D eigenvalue weighted by Gasteiger charge is -2.08. The maximum Gasteiger partial charge on any atom is 0.0458 e. The summed E-state index contributed by atoms with van der Waals surface area (Å²) in [6.45, 7) is 8.07. The second kappa shape index (κ2) is 12.9. The Bertz CT molecular complexity index is 647. The van der Waals surface area contributed by atoms with Crippen LogP contribution in [0, 0.1) is 13.8 Å². The molecule has 0 amide bonds. The van der Waals surface area contributed by atoms with Crippen molar-refractivity contribution >= 4 is 23.5 Å². The second-order valence-corrected chi connectivity index (χ2v) is 9.48. The summed E-state index contributed by atoms with van der Waals surface area (Å²) in [5, 5.41) is 0. The highest BCUT2D eigenvalue weighted by Crippen LogP contribution is 2.39. The highest BCUT2D eigenvalue weighted by Gasteiger charge is 2.04. The van der Waals surface area contributed by atoms with Crippen molar-refractivity contribution in [1.82, 2.24) is 0 Å². The number of unbranched alkanes of at least 4 members (excludes halogenated alkanes) is 6. The number of thioether (sulfide) groups is 2. The van der Waals surface area contributed by atoms with Crippen LogP contribution in [0.25, 0.3) is 0 Å². The van der Waals surface area contributed by atoms with Crippen LogP contribution >= 0.6 is 23.5 Å². The monoisotopic (exact) mass is 396 g/mol. The molecule has 0 unspecified atom stereocenters. The van der Waals surface area contributed by atoms with Gasteiger partial charge in [0.05, 0.1) is 0 Å². The van der Waals surface area contributed by atoms with Crippen molar-refractivity contribution in [2.24, 2.45) is 0 Å². The SMILES string of the molecule is C=CCCCCCCCC=C(Sc1ccc(C)cc1)Sc1ccc(C)cc1. The lowest BCUT2D eigenvalue weighted by molar-refractivity contribution is 0.622. The minimum atomic E-state index is 1.16. The third-order valence-electron chi connectivity index (χ3n) is 4.40. The highest BCUT2D eigenvalue weighted by molar-refractivity contribution is 8.22. The smallest absolute Gasteiger partial charge is 0.0458 e. The van der Waals surface area contributed by atoms with Crippen LogP contribution in [0.15, 0.2) is 81.3 Å². The normalized spacial score (nSPS) is 10.6. The van der Waals surface area contributed by atoms with Gasteiger partial charge >= 0.3 is 0 Å². The van der Waals surface area contributed by atoms with Crippen LogP contribution in [-0.4, -0.2) is 0 Å². The van der Waals surface area contributed by atoms with Gasteiger partial charge in [-0.05, 0) is 63.8 Å². The Kier molecular flexibility index (Phi) is 10.5. The number of benzene rings is 2. The molecule has 0 aliphatic rings. The van der Waals surface area contributed by atoms with Crippen molar-refractivity contribution in [3.8, 4) is 0 Å². The fourth-order valence-electron chi connectivity index (χ4n) is 2.73. The Balaban J connectivity index is 1.90. The van der Waals surface area contributed by atoms with Gasteiger partial charge in [0.25, 0.3) is 0 Å². The van der Waals surface area contributed by atoms with E-state index in [0.29, 0.717) is 0 Å². The van der Waals surface area contributed by atoms with Gasteiger partial charge in [0.2, 0.25) is 0 Å². The summed E-state index contributed by atoms with van der Waals surface area (Å²) in [7, 11) is 0. The van der Waals surface area contributed by atoms with E-state index in [0.717, 1.165) is 12.8 Å². The molecule has 2 aromatic carbocycles. The summed E-state index contributed by atoms with van der Waals surface area (Å²) in [6, 6.07) is 17.7. The van der Waals surface area contributed by atoms with Gasteiger partial charge in [-0.25, -0.2) is 0 Å². The maximum atomic E-state index is 3.79. The molecular formula is C25H32S2. The van der Waals surface area contributed by atoms with E-state index in [-0.39, 0.29) is 0 Å².